The number of carbonyl (C=O) groups excluding carboxylic acids is 2. The Kier molecular flexibility index (Phi) is 6.19. The fourth-order valence-corrected chi connectivity index (χ4v) is 2.22. The minimum Gasteiger partial charge on any atom is -0.493 e. The summed E-state index contributed by atoms with van der Waals surface area (Å²) in [6.07, 6.45) is 0. The molecule has 0 saturated carbocycles. The maximum atomic E-state index is 12.3. The number of benzene rings is 2. The smallest absolute Gasteiger partial charge is 0.255 e. The summed E-state index contributed by atoms with van der Waals surface area (Å²) in [4.78, 5) is 23.5. The average molecular weight is 337 g/mol. The highest BCUT2D eigenvalue weighted by Crippen LogP contribution is 2.30. The van der Waals surface area contributed by atoms with Gasteiger partial charge in [0.2, 0.25) is 0 Å². The molecule has 0 atom stereocenters. The van der Waals surface area contributed by atoms with Crippen molar-refractivity contribution in [3.63, 3.8) is 0 Å². The number of amides is 1. The van der Waals surface area contributed by atoms with Crippen molar-refractivity contribution in [3.8, 4) is 23.3 Å². The van der Waals surface area contributed by atoms with E-state index in [0.717, 1.165) is 5.56 Å². The Labute approximate surface area is 147 Å². The van der Waals surface area contributed by atoms with Gasteiger partial charge in [-0.1, -0.05) is 30.0 Å². The molecule has 0 radical (unpaired) electrons. The molecule has 2 aromatic rings. The van der Waals surface area contributed by atoms with Crippen LogP contribution < -0.4 is 14.8 Å². The Bertz CT molecular complexity index is 829. The van der Waals surface area contributed by atoms with E-state index in [1.54, 1.807) is 42.5 Å². The zero-order valence-electron chi connectivity index (χ0n) is 14.4. The van der Waals surface area contributed by atoms with E-state index in [4.69, 9.17) is 9.47 Å². The lowest BCUT2D eigenvalue weighted by atomic mass is 10.1. The topological polar surface area (TPSA) is 64.6 Å². The van der Waals surface area contributed by atoms with Crippen LogP contribution in [0.25, 0.3) is 0 Å². The van der Waals surface area contributed by atoms with Crippen molar-refractivity contribution in [2.45, 2.75) is 6.92 Å². The fraction of sp³-hybridized carbons (Fsp3) is 0.200. The minimum atomic E-state index is -0.294. The maximum Gasteiger partial charge on any atom is 0.255 e. The first-order chi connectivity index (χ1) is 12.1. The Morgan fingerprint density at radius 2 is 1.76 bits per heavy atom. The molecule has 2 rings (SSSR count). The molecule has 0 spiro atoms. The Morgan fingerprint density at radius 3 is 2.36 bits per heavy atom. The molecule has 25 heavy (non-hydrogen) atoms. The van der Waals surface area contributed by atoms with Gasteiger partial charge in [0, 0.05) is 11.1 Å². The summed E-state index contributed by atoms with van der Waals surface area (Å²) in [6, 6.07) is 12.1. The highest BCUT2D eigenvalue weighted by molar-refractivity contribution is 5.98. The summed E-state index contributed by atoms with van der Waals surface area (Å²) >= 11 is 0. The van der Waals surface area contributed by atoms with Gasteiger partial charge in [0.1, 0.15) is 0 Å². The number of hydrogen-bond donors (Lipinski definition) is 1. The average Bonchev–Trinajstić information content (AvgIpc) is 2.64. The second kappa shape index (κ2) is 8.55. The molecule has 5 nitrogen and oxygen atoms in total. The van der Waals surface area contributed by atoms with Crippen LogP contribution in [0.15, 0.2) is 42.5 Å². The number of hydrogen-bond acceptors (Lipinski definition) is 4. The predicted octanol–water partition coefficient (Wildman–Crippen LogP) is 2.69. The molecule has 0 heterocycles. The standard InChI is InChI=1S/C20H19NO4/c1-14(22)16-11-9-15(10-12-16)6-5-13-21-20(23)17-7-4-8-18(24-2)19(17)25-3/h4,7-12H,13H2,1-3H3,(H,21,23). The monoisotopic (exact) mass is 337 g/mol. The van der Waals surface area contributed by atoms with Gasteiger partial charge in [-0.25, -0.2) is 0 Å². The number of para-hydroxylation sites is 1. The van der Waals surface area contributed by atoms with E-state index in [9.17, 15) is 9.59 Å². The van der Waals surface area contributed by atoms with Crippen LogP contribution in [-0.2, 0) is 0 Å². The predicted molar refractivity (Wildman–Crippen MR) is 95.2 cm³/mol. The van der Waals surface area contributed by atoms with Crippen LogP contribution in [0.2, 0.25) is 0 Å². The second-order valence-electron chi connectivity index (χ2n) is 5.16. The van der Waals surface area contributed by atoms with Crippen molar-refractivity contribution in [1.29, 1.82) is 0 Å². The van der Waals surface area contributed by atoms with Gasteiger partial charge < -0.3 is 14.8 Å². The van der Waals surface area contributed by atoms with Gasteiger partial charge in [-0.05, 0) is 31.2 Å². The number of nitrogens with one attached hydrogen (secondary N) is 1. The van der Waals surface area contributed by atoms with Crippen LogP contribution in [0.1, 0.15) is 33.2 Å². The Hall–Kier alpha value is -3.26. The van der Waals surface area contributed by atoms with E-state index in [1.807, 2.05) is 0 Å². The SMILES string of the molecule is COc1cccc(C(=O)NCC#Cc2ccc(C(C)=O)cc2)c1OC. The molecule has 0 aliphatic rings. The van der Waals surface area contributed by atoms with E-state index in [0.29, 0.717) is 22.6 Å². The zero-order valence-corrected chi connectivity index (χ0v) is 14.4. The van der Waals surface area contributed by atoms with Gasteiger partial charge in [0.15, 0.2) is 17.3 Å². The number of carbonyl (C=O) groups is 2. The summed E-state index contributed by atoms with van der Waals surface area (Å²) in [5.41, 5.74) is 1.80. The zero-order chi connectivity index (χ0) is 18.2. The van der Waals surface area contributed by atoms with Gasteiger partial charge >= 0.3 is 0 Å². The molecule has 0 aliphatic carbocycles. The molecule has 0 aliphatic heterocycles. The molecule has 1 N–H and O–H groups in total. The maximum absolute atomic E-state index is 12.3. The number of Topliss-reactive ketones (excluding diaryl/α,β-unsaturated/α-hetero) is 1. The molecule has 128 valence electrons. The summed E-state index contributed by atoms with van der Waals surface area (Å²) in [6.45, 7) is 1.71. The summed E-state index contributed by atoms with van der Waals surface area (Å²) < 4.78 is 10.4. The van der Waals surface area contributed by atoms with Gasteiger partial charge in [-0.2, -0.15) is 0 Å². The van der Waals surface area contributed by atoms with Crippen molar-refractivity contribution < 1.29 is 19.1 Å². The van der Waals surface area contributed by atoms with E-state index in [2.05, 4.69) is 17.2 Å². The van der Waals surface area contributed by atoms with Crippen LogP contribution in [0.3, 0.4) is 0 Å². The van der Waals surface area contributed by atoms with Crippen LogP contribution in [-0.4, -0.2) is 32.5 Å². The third-order valence-corrected chi connectivity index (χ3v) is 3.51. The summed E-state index contributed by atoms with van der Waals surface area (Å²) in [5, 5.41) is 2.72. The first kappa shape index (κ1) is 18.1. The Balaban J connectivity index is 2.01. The van der Waals surface area contributed by atoms with Crippen LogP contribution in [0.5, 0.6) is 11.5 Å². The quantitative estimate of drug-likeness (QED) is 0.673. The highest BCUT2D eigenvalue weighted by atomic mass is 16.5. The van der Waals surface area contributed by atoms with Gasteiger partial charge in [-0.15, -0.1) is 0 Å². The number of methoxy groups -OCH3 is 2. The van der Waals surface area contributed by atoms with E-state index in [1.165, 1.54) is 21.1 Å². The molecule has 2 aromatic carbocycles. The molecule has 0 aromatic heterocycles. The van der Waals surface area contributed by atoms with E-state index in [-0.39, 0.29) is 18.2 Å². The lowest BCUT2D eigenvalue weighted by Crippen LogP contribution is -2.24. The molecule has 1 amide bonds. The van der Waals surface area contributed by atoms with Crippen molar-refractivity contribution in [2.75, 3.05) is 20.8 Å². The number of ketones is 1. The molecular formula is C20H19NO4. The Morgan fingerprint density at radius 1 is 1.04 bits per heavy atom. The molecule has 0 fully saturated rings. The lowest BCUT2D eigenvalue weighted by Gasteiger charge is -2.11. The third-order valence-electron chi connectivity index (χ3n) is 3.51. The van der Waals surface area contributed by atoms with Crippen LogP contribution in [0, 0.1) is 11.8 Å². The summed E-state index contributed by atoms with van der Waals surface area (Å²) in [5.74, 6) is 6.41. The van der Waals surface area contributed by atoms with Crippen molar-refractivity contribution >= 4 is 11.7 Å². The van der Waals surface area contributed by atoms with Crippen LogP contribution >= 0.6 is 0 Å². The van der Waals surface area contributed by atoms with Crippen LogP contribution in [0.4, 0.5) is 0 Å². The number of ether oxygens (including phenoxy) is 2. The van der Waals surface area contributed by atoms with Crippen molar-refractivity contribution in [3.05, 3.63) is 59.2 Å². The minimum absolute atomic E-state index is 0.0130. The number of rotatable bonds is 5. The first-order valence-electron chi connectivity index (χ1n) is 7.66. The van der Waals surface area contributed by atoms with Gasteiger partial charge in [0.05, 0.1) is 26.3 Å². The summed E-state index contributed by atoms with van der Waals surface area (Å²) in [7, 11) is 3.00. The molecule has 5 heteroatoms. The van der Waals surface area contributed by atoms with E-state index >= 15 is 0 Å². The molecule has 0 bridgehead atoms. The largest absolute Gasteiger partial charge is 0.493 e. The molecule has 0 unspecified atom stereocenters. The highest BCUT2D eigenvalue weighted by Gasteiger charge is 2.15. The van der Waals surface area contributed by atoms with E-state index < -0.39 is 0 Å². The second-order valence-corrected chi connectivity index (χ2v) is 5.16. The molecule has 0 saturated heterocycles. The normalized spacial score (nSPS) is 9.56. The molecular weight excluding hydrogens is 318 g/mol. The lowest BCUT2D eigenvalue weighted by molar-refractivity contribution is 0.0954. The first-order valence-corrected chi connectivity index (χ1v) is 7.66. The van der Waals surface area contributed by atoms with Crippen molar-refractivity contribution in [1.82, 2.24) is 5.32 Å². The third kappa shape index (κ3) is 4.61. The van der Waals surface area contributed by atoms with Crippen molar-refractivity contribution in [2.24, 2.45) is 0 Å². The van der Waals surface area contributed by atoms with Gasteiger partial charge in [0.25, 0.3) is 5.91 Å². The van der Waals surface area contributed by atoms with Gasteiger partial charge in [-0.3, -0.25) is 9.59 Å². The fourth-order valence-electron chi connectivity index (χ4n) is 2.22.